The van der Waals surface area contributed by atoms with E-state index >= 15 is 0 Å². The van der Waals surface area contributed by atoms with E-state index in [0.29, 0.717) is 6.04 Å². The fraction of sp³-hybridized carbons (Fsp3) is 0.571. The lowest BCUT2D eigenvalue weighted by Gasteiger charge is -2.51. The zero-order valence-corrected chi connectivity index (χ0v) is 10.4. The van der Waals surface area contributed by atoms with Gasteiger partial charge in [-0.1, -0.05) is 30.3 Å². The summed E-state index contributed by atoms with van der Waals surface area (Å²) in [4.78, 5) is 2.54. The molecule has 2 saturated heterocycles. The summed E-state index contributed by atoms with van der Waals surface area (Å²) in [5.74, 6) is 0. The van der Waals surface area contributed by atoms with E-state index in [1.807, 2.05) is 0 Å². The zero-order valence-electron chi connectivity index (χ0n) is 10.4. The van der Waals surface area contributed by atoms with Crippen molar-refractivity contribution in [2.24, 2.45) is 0 Å². The maximum absolute atomic E-state index is 5.37. The molecule has 17 heavy (non-hydrogen) atoms. The van der Waals surface area contributed by atoms with Crippen molar-refractivity contribution in [1.82, 2.24) is 10.2 Å². The summed E-state index contributed by atoms with van der Waals surface area (Å²) in [6.07, 6.45) is 0. The lowest BCUT2D eigenvalue weighted by molar-refractivity contribution is -0.110. The Morgan fingerprint density at radius 2 is 2.12 bits per heavy atom. The molecule has 2 fully saturated rings. The monoisotopic (exact) mass is 232 g/mol. The second kappa shape index (κ2) is 4.41. The van der Waals surface area contributed by atoms with Gasteiger partial charge in [0.2, 0.25) is 0 Å². The fourth-order valence-electron chi connectivity index (χ4n) is 2.98. The van der Waals surface area contributed by atoms with Gasteiger partial charge in [0.1, 0.15) is 0 Å². The standard InChI is InChI=1S/C14H20N2O/c1-12-7-16(8-13-5-3-2-4-6-13)9-14(15-12)10-17-11-14/h2-6,12,15H,7-11H2,1H3/t12-/m0/s1. The minimum atomic E-state index is 0.229. The van der Waals surface area contributed by atoms with Crippen LogP contribution in [0, 0.1) is 0 Å². The van der Waals surface area contributed by atoms with E-state index in [1.54, 1.807) is 0 Å². The molecule has 0 amide bonds. The van der Waals surface area contributed by atoms with E-state index in [1.165, 1.54) is 5.56 Å². The first-order chi connectivity index (χ1) is 8.26. The molecule has 0 aliphatic carbocycles. The molecule has 0 bridgehead atoms. The predicted octanol–water partition coefficient (Wildman–Crippen LogP) is 1.25. The second-order valence-electron chi connectivity index (χ2n) is 5.47. The van der Waals surface area contributed by atoms with Crippen molar-refractivity contribution in [2.45, 2.75) is 25.0 Å². The van der Waals surface area contributed by atoms with Crippen LogP contribution < -0.4 is 5.32 Å². The Morgan fingerprint density at radius 1 is 1.35 bits per heavy atom. The maximum atomic E-state index is 5.37. The van der Waals surface area contributed by atoms with Gasteiger partial charge in [-0.05, 0) is 12.5 Å². The van der Waals surface area contributed by atoms with Crippen LogP contribution in [-0.2, 0) is 11.3 Å². The van der Waals surface area contributed by atoms with Crippen LogP contribution in [0.2, 0.25) is 0 Å². The Labute approximate surface area is 103 Å². The van der Waals surface area contributed by atoms with E-state index in [0.717, 1.165) is 32.8 Å². The Balaban J connectivity index is 1.67. The molecule has 3 rings (SSSR count). The van der Waals surface area contributed by atoms with Crippen LogP contribution in [0.4, 0.5) is 0 Å². The van der Waals surface area contributed by atoms with Crippen molar-refractivity contribution in [3.05, 3.63) is 35.9 Å². The van der Waals surface area contributed by atoms with Crippen LogP contribution in [0.15, 0.2) is 30.3 Å². The molecule has 0 aromatic heterocycles. The van der Waals surface area contributed by atoms with Crippen LogP contribution in [0.5, 0.6) is 0 Å². The molecule has 0 radical (unpaired) electrons. The van der Waals surface area contributed by atoms with Gasteiger partial charge in [-0.15, -0.1) is 0 Å². The van der Waals surface area contributed by atoms with Crippen molar-refractivity contribution in [3.8, 4) is 0 Å². The van der Waals surface area contributed by atoms with Gasteiger partial charge in [0.05, 0.1) is 18.8 Å². The average molecular weight is 232 g/mol. The normalized spacial score (nSPS) is 27.9. The summed E-state index contributed by atoms with van der Waals surface area (Å²) in [5, 5.41) is 3.68. The van der Waals surface area contributed by atoms with Gasteiger partial charge in [0.25, 0.3) is 0 Å². The highest BCUT2D eigenvalue weighted by Gasteiger charge is 2.43. The van der Waals surface area contributed by atoms with Gasteiger partial charge in [-0.2, -0.15) is 0 Å². The van der Waals surface area contributed by atoms with Gasteiger partial charge in [0, 0.05) is 25.7 Å². The van der Waals surface area contributed by atoms with Crippen molar-refractivity contribution in [3.63, 3.8) is 0 Å². The molecule has 2 aliphatic heterocycles. The largest absolute Gasteiger partial charge is 0.377 e. The molecule has 1 N–H and O–H groups in total. The third kappa shape index (κ3) is 2.37. The molecule has 0 unspecified atom stereocenters. The summed E-state index contributed by atoms with van der Waals surface area (Å²) in [5.41, 5.74) is 1.63. The highest BCUT2D eigenvalue weighted by Crippen LogP contribution is 2.24. The first-order valence-corrected chi connectivity index (χ1v) is 6.38. The molecule has 92 valence electrons. The molecule has 1 spiro atoms. The van der Waals surface area contributed by atoms with Crippen molar-refractivity contribution in [2.75, 3.05) is 26.3 Å². The fourth-order valence-corrected chi connectivity index (χ4v) is 2.98. The Hall–Kier alpha value is -0.900. The number of ether oxygens (including phenoxy) is 1. The summed E-state index contributed by atoms with van der Waals surface area (Å²) in [7, 11) is 0. The lowest BCUT2D eigenvalue weighted by atomic mass is 9.92. The topological polar surface area (TPSA) is 24.5 Å². The van der Waals surface area contributed by atoms with E-state index in [2.05, 4.69) is 47.5 Å². The average Bonchev–Trinajstić information content (AvgIpc) is 2.27. The summed E-state index contributed by atoms with van der Waals surface area (Å²) in [6, 6.07) is 11.3. The van der Waals surface area contributed by atoms with Gasteiger partial charge in [-0.3, -0.25) is 4.90 Å². The highest BCUT2D eigenvalue weighted by molar-refractivity contribution is 5.15. The number of nitrogens with one attached hydrogen (secondary N) is 1. The quantitative estimate of drug-likeness (QED) is 0.830. The molecule has 2 heterocycles. The predicted molar refractivity (Wildman–Crippen MR) is 67.9 cm³/mol. The number of hydrogen-bond donors (Lipinski definition) is 1. The Bertz CT molecular complexity index is 375. The molecule has 1 aromatic rings. The molecule has 1 atom stereocenters. The lowest BCUT2D eigenvalue weighted by Crippen LogP contribution is -2.72. The van der Waals surface area contributed by atoms with Gasteiger partial charge in [0.15, 0.2) is 0 Å². The molecular weight excluding hydrogens is 212 g/mol. The van der Waals surface area contributed by atoms with Crippen molar-refractivity contribution in [1.29, 1.82) is 0 Å². The molecule has 0 saturated carbocycles. The summed E-state index contributed by atoms with van der Waals surface area (Å²) >= 11 is 0. The van der Waals surface area contributed by atoms with Gasteiger partial charge < -0.3 is 10.1 Å². The SMILES string of the molecule is C[C@H]1CN(Cc2ccccc2)CC2(COC2)N1. The zero-order chi connectivity index (χ0) is 11.7. The Morgan fingerprint density at radius 3 is 2.76 bits per heavy atom. The van der Waals surface area contributed by atoms with Crippen molar-refractivity contribution >= 4 is 0 Å². The Kier molecular flexibility index (Phi) is 2.90. The van der Waals surface area contributed by atoms with E-state index in [-0.39, 0.29) is 5.54 Å². The highest BCUT2D eigenvalue weighted by atomic mass is 16.5. The summed E-state index contributed by atoms with van der Waals surface area (Å²) < 4.78 is 5.37. The second-order valence-corrected chi connectivity index (χ2v) is 5.47. The number of hydrogen-bond acceptors (Lipinski definition) is 3. The van der Waals surface area contributed by atoms with Crippen LogP contribution >= 0.6 is 0 Å². The van der Waals surface area contributed by atoms with Gasteiger partial charge in [-0.25, -0.2) is 0 Å². The van der Waals surface area contributed by atoms with Crippen molar-refractivity contribution < 1.29 is 4.74 Å². The maximum Gasteiger partial charge on any atom is 0.0784 e. The minimum Gasteiger partial charge on any atom is -0.377 e. The van der Waals surface area contributed by atoms with Crippen LogP contribution in [0.25, 0.3) is 0 Å². The van der Waals surface area contributed by atoms with E-state index in [9.17, 15) is 0 Å². The molecule has 3 nitrogen and oxygen atoms in total. The smallest absolute Gasteiger partial charge is 0.0784 e. The molecule has 1 aromatic carbocycles. The number of rotatable bonds is 2. The summed E-state index contributed by atoms with van der Waals surface area (Å²) in [6.45, 7) is 7.26. The number of piperazine rings is 1. The van der Waals surface area contributed by atoms with Crippen LogP contribution in [0.1, 0.15) is 12.5 Å². The molecule has 3 heteroatoms. The third-order valence-electron chi connectivity index (χ3n) is 3.62. The van der Waals surface area contributed by atoms with Crippen LogP contribution in [0.3, 0.4) is 0 Å². The molecule has 2 aliphatic rings. The van der Waals surface area contributed by atoms with E-state index < -0.39 is 0 Å². The van der Waals surface area contributed by atoms with Gasteiger partial charge >= 0.3 is 0 Å². The first kappa shape index (κ1) is 11.2. The van der Waals surface area contributed by atoms with E-state index in [4.69, 9.17) is 4.74 Å². The number of nitrogens with zero attached hydrogens (tertiary/aromatic N) is 1. The first-order valence-electron chi connectivity index (χ1n) is 6.38. The number of benzene rings is 1. The minimum absolute atomic E-state index is 0.229. The third-order valence-corrected chi connectivity index (χ3v) is 3.62. The van der Waals surface area contributed by atoms with Crippen LogP contribution in [-0.4, -0.2) is 42.8 Å². The molecular formula is C14H20N2O.